The molecule has 0 bridgehead atoms. The van der Waals surface area contributed by atoms with Crippen LogP contribution in [0.15, 0.2) is 12.2 Å². The molecule has 0 aromatic heterocycles. The zero-order valence-electron chi connectivity index (χ0n) is 18.9. The SMILES string of the molecule is CCCCCCCCCCCC/C=C\[C@H](SC[C@H](N)C(=O)[O-])[C@H](O)CCC(=O)O.[Na+]. The summed E-state index contributed by atoms with van der Waals surface area (Å²) < 4.78 is 0. The van der Waals surface area contributed by atoms with E-state index < -0.39 is 24.1 Å². The molecule has 0 amide bonds. The van der Waals surface area contributed by atoms with Crippen molar-refractivity contribution in [3.63, 3.8) is 0 Å². The second-order valence-corrected chi connectivity index (χ2v) is 8.83. The number of aliphatic hydroxyl groups excluding tert-OH is 1. The van der Waals surface area contributed by atoms with Crippen LogP contribution in [0, 0.1) is 0 Å². The van der Waals surface area contributed by atoms with Gasteiger partial charge in [-0.3, -0.25) is 4.79 Å². The molecule has 0 radical (unpaired) electrons. The first-order valence-electron chi connectivity index (χ1n) is 11.0. The van der Waals surface area contributed by atoms with Crippen molar-refractivity contribution in [3.05, 3.63) is 12.2 Å². The molecule has 0 aliphatic rings. The normalized spacial score (nSPS) is 14.2. The number of carboxylic acid groups (broad SMARTS) is 2. The van der Waals surface area contributed by atoms with Crippen LogP contribution in [-0.4, -0.2) is 45.3 Å². The number of thioether (sulfide) groups is 1. The van der Waals surface area contributed by atoms with E-state index >= 15 is 0 Å². The quantitative estimate of drug-likeness (QED) is 0.137. The number of hydrogen-bond acceptors (Lipinski definition) is 6. The number of unbranched alkanes of at least 4 members (excludes halogenated alkanes) is 10. The molecule has 0 aromatic carbocycles. The van der Waals surface area contributed by atoms with Gasteiger partial charge in [0.15, 0.2) is 0 Å². The summed E-state index contributed by atoms with van der Waals surface area (Å²) in [6.45, 7) is 2.23. The summed E-state index contributed by atoms with van der Waals surface area (Å²) in [6, 6.07) is -1.11. The zero-order chi connectivity index (χ0) is 21.9. The predicted molar refractivity (Wildman–Crippen MR) is 118 cm³/mol. The third-order valence-electron chi connectivity index (χ3n) is 4.85. The Labute approximate surface area is 208 Å². The van der Waals surface area contributed by atoms with Crippen molar-refractivity contribution >= 4 is 23.7 Å². The molecule has 30 heavy (non-hydrogen) atoms. The predicted octanol–water partition coefficient (Wildman–Crippen LogP) is 0.262. The molecular weight excluding hydrogens is 413 g/mol. The largest absolute Gasteiger partial charge is 1.00 e. The second-order valence-electron chi connectivity index (χ2n) is 7.62. The summed E-state index contributed by atoms with van der Waals surface area (Å²) in [5.41, 5.74) is 5.47. The van der Waals surface area contributed by atoms with Gasteiger partial charge in [0, 0.05) is 17.4 Å². The Bertz CT molecular complexity index is 465. The maximum Gasteiger partial charge on any atom is 1.00 e. The number of rotatable bonds is 20. The van der Waals surface area contributed by atoms with E-state index in [1.807, 2.05) is 12.2 Å². The van der Waals surface area contributed by atoms with Gasteiger partial charge in [0.05, 0.1) is 18.1 Å². The van der Waals surface area contributed by atoms with Crippen LogP contribution in [0.4, 0.5) is 0 Å². The second kappa shape index (κ2) is 22.2. The molecule has 4 N–H and O–H groups in total. The summed E-state index contributed by atoms with van der Waals surface area (Å²) in [4.78, 5) is 21.5. The van der Waals surface area contributed by atoms with Gasteiger partial charge in [0.2, 0.25) is 0 Å². The van der Waals surface area contributed by atoms with Gasteiger partial charge in [-0.25, -0.2) is 0 Å². The Balaban J connectivity index is 0. The molecule has 0 saturated carbocycles. The average Bonchev–Trinajstić information content (AvgIpc) is 2.68. The molecule has 0 aromatic rings. The molecule has 0 aliphatic heterocycles. The van der Waals surface area contributed by atoms with E-state index in [1.54, 1.807) is 0 Å². The number of carboxylic acids is 2. The molecule has 170 valence electrons. The molecule has 0 aliphatic carbocycles. The first-order chi connectivity index (χ1) is 13.9. The Morgan fingerprint density at radius 2 is 1.57 bits per heavy atom. The van der Waals surface area contributed by atoms with Crippen molar-refractivity contribution in [2.75, 3.05) is 5.75 Å². The fraction of sp³-hybridized carbons (Fsp3) is 0.818. The van der Waals surface area contributed by atoms with Crippen LogP contribution in [-0.2, 0) is 9.59 Å². The van der Waals surface area contributed by atoms with Crippen molar-refractivity contribution in [3.8, 4) is 0 Å². The van der Waals surface area contributed by atoms with Gasteiger partial charge in [0.1, 0.15) is 0 Å². The molecular formula is C22H40NNaO5S. The third kappa shape index (κ3) is 19.9. The van der Waals surface area contributed by atoms with Crippen LogP contribution in [0.25, 0.3) is 0 Å². The van der Waals surface area contributed by atoms with E-state index in [0.29, 0.717) is 0 Å². The molecule has 8 heteroatoms. The monoisotopic (exact) mass is 453 g/mol. The van der Waals surface area contributed by atoms with Crippen LogP contribution >= 0.6 is 11.8 Å². The molecule has 0 spiro atoms. The molecule has 0 unspecified atom stereocenters. The smallest absolute Gasteiger partial charge is 0.548 e. The van der Waals surface area contributed by atoms with E-state index in [4.69, 9.17) is 10.8 Å². The van der Waals surface area contributed by atoms with Crippen molar-refractivity contribution in [2.24, 2.45) is 5.73 Å². The number of aliphatic hydroxyl groups is 1. The van der Waals surface area contributed by atoms with Crippen molar-refractivity contribution in [1.29, 1.82) is 0 Å². The maximum atomic E-state index is 10.8. The Kier molecular flexibility index (Phi) is 23.7. The Hall–Kier alpha value is -0.0500. The van der Waals surface area contributed by atoms with Crippen LogP contribution in [0.2, 0.25) is 0 Å². The average molecular weight is 454 g/mol. The van der Waals surface area contributed by atoms with Gasteiger partial charge in [-0.05, 0) is 19.3 Å². The summed E-state index contributed by atoms with van der Waals surface area (Å²) in [5.74, 6) is -2.18. The van der Waals surface area contributed by atoms with E-state index in [9.17, 15) is 19.8 Å². The molecule has 0 heterocycles. The number of aliphatic carboxylic acids is 2. The van der Waals surface area contributed by atoms with Crippen LogP contribution in [0.1, 0.15) is 90.4 Å². The van der Waals surface area contributed by atoms with E-state index in [-0.39, 0.29) is 53.4 Å². The van der Waals surface area contributed by atoms with Gasteiger partial charge in [-0.2, -0.15) is 0 Å². The topological polar surface area (TPSA) is 124 Å². The van der Waals surface area contributed by atoms with Crippen molar-refractivity contribution in [2.45, 2.75) is 108 Å². The number of hydrogen-bond donors (Lipinski definition) is 3. The number of carbonyl (C=O) groups is 2. The summed E-state index contributed by atoms with van der Waals surface area (Å²) in [7, 11) is 0. The molecule has 3 atom stereocenters. The first-order valence-corrected chi connectivity index (χ1v) is 12.1. The van der Waals surface area contributed by atoms with Gasteiger partial charge in [-0.1, -0.05) is 76.9 Å². The zero-order valence-corrected chi connectivity index (χ0v) is 21.7. The van der Waals surface area contributed by atoms with Crippen molar-refractivity contribution in [1.82, 2.24) is 0 Å². The Morgan fingerprint density at radius 1 is 1.03 bits per heavy atom. The van der Waals surface area contributed by atoms with E-state index in [0.717, 1.165) is 12.8 Å². The minimum Gasteiger partial charge on any atom is -0.548 e. The molecule has 0 saturated heterocycles. The fourth-order valence-electron chi connectivity index (χ4n) is 2.99. The van der Waals surface area contributed by atoms with Crippen LogP contribution < -0.4 is 40.4 Å². The first kappa shape index (κ1) is 32.1. The Morgan fingerprint density at radius 3 is 2.07 bits per heavy atom. The van der Waals surface area contributed by atoms with E-state index in [2.05, 4.69) is 6.92 Å². The number of carbonyl (C=O) groups excluding carboxylic acids is 1. The van der Waals surface area contributed by atoms with Crippen LogP contribution in [0.5, 0.6) is 0 Å². The number of nitrogens with two attached hydrogens (primary N) is 1. The van der Waals surface area contributed by atoms with Gasteiger partial charge >= 0.3 is 35.5 Å². The standard InChI is InChI=1S/C22H41NO5S.Na/c1-2-3-4-5-6-7-8-9-10-11-12-13-14-20(19(24)15-16-21(25)26)29-17-18(23)22(27)28;/h13-14,18-20,24H,2-12,15-17,23H2,1H3,(H,25,26)(H,27,28);/q;+1/p-1/b14-13-;/t18-,19+,20-;/m0./s1. The minimum absolute atomic E-state index is 0. The van der Waals surface area contributed by atoms with Crippen molar-refractivity contribution < 1.29 is 54.5 Å². The maximum absolute atomic E-state index is 10.8. The number of allylic oxidation sites excluding steroid dienone is 1. The van der Waals surface area contributed by atoms with Crippen LogP contribution in [0.3, 0.4) is 0 Å². The molecule has 0 fully saturated rings. The van der Waals surface area contributed by atoms with Gasteiger partial charge in [0.25, 0.3) is 0 Å². The summed E-state index contributed by atoms with van der Waals surface area (Å²) >= 11 is 1.23. The third-order valence-corrected chi connectivity index (χ3v) is 6.26. The fourth-order valence-corrected chi connectivity index (χ4v) is 4.14. The molecule has 0 rings (SSSR count). The minimum atomic E-state index is -1.33. The van der Waals surface area contributed by atoms with E-state index in [1.165, 1.54) is 69.5 Å². The van der Waals surface area contributed by atoms with Gasteiger partial charge in [-0.15, -0.1) is 11.8 Å². The molecule has 6 nitrogen and oxygen atoms in total. The summed E-state index contributed by atoms with van der Waals surface area (Å²) in [5, 5.41) is 29.4. The van der Waals surface area contributed by atoms with Gasteiger partial charge < -0.3 is 25.8 Å². The summed E-state index contributed by atoms with van der Waals surface area (Å²) in [6.07, 6.45) is 16.6.